The maximum atomic E-state index is 13.0. The molecule has 0 radical (unpaired) electrons. The molecule has 1 atom stereocenters. The summed E-state index contributed by atoms with van der Waals surface area (Å²) in [6.45, 7) is 2.99. The van der Waals surface area contributed by atoms with E-state index in [0.29, 0.717) is 11.6 Å². The van der Waals surface area contributed by atoms with Crippen LogP contribution in [0.15, 0.2) is 58.5 Å². The SMILES string of the molecule is O=C(NC(Cc1ccccc1)C(=O)Nc1nc(CN2CCCCC2)cs1)c1ccco1. The van der Waals surface area contributed by atoms with Crippen molar-refractivity contribution in [1.82, 2.24) is 15.2 Å². The molecule has 4 rings (SSSR count). The summed E-state index contributed by atoms with van der Waals surface area (Å²) in [7, 11) is 0. The first-order valence-corrected chi connectivity index (χ1v) is 11.4. The maximum Gasteiger partial charge on any atom is 0.287 e. The van der Waals surface area contributed by atoms with Gasteiger partial charge in [-0.15, -0.1) is 11.3 Å². The number of amides is 2. The van der Waals surface area contributed by atoms with Gasteiger partial charge in [-0.25, -0.2) is 4.98 Å². The highest BCUT2D eigenvalue weighted by molar-refractivity contribution is 7.13. The van der Waals surface area contributed by atoms with Crippen LogP contribution in [0.2, 0.25) is 0 Å². The molecule has 8 heteroatoms. The Morgan fingerprint density at radius 1 is 1.10 bits per heavy atom. The molecule has 0 saturated carbocycles. The quantitative estimate of drug-likeness (QED) is 0.560. The molecular formula is C23H26N4O3S. The largest absolute Gasteiger partial charge is 0.459 e. The van der Waals surface area contributed by atoms with Crippen molar-refractivity contribution in [3.05, 3.63) is 71.1 Å². The van der Waals surface area contributed by atoms with Crippen molar-refractivity contribution >= 4 is 28.3 Å². The van der Waals surface area contributed by atoms with E-state index in [2.05, 4.69) is 20.5 Å². The minimum atomic E-state index is -0.755. The highest BCUT2D eigenvalue weighted by Gasteiger charge is 2.24. The van der Waals surface area contributed by atoms with Gasteiger partial charge in [-0.2, -0.15) is 0 Å². The van der Waals surface area contributed by atoms with E-state index in [4.69, 9.17) is 4.42 Å². The summed E-state index contributed by atoms with van der Waals surface area (Å²) in [5.41, 5.74) is 1.91. The fourth-order valence-corrected chi connectivity index (χ4v) is 4.38. The molecule has 0 spiro atoms. The predicted octanol–water partition coefficient (Wildman–Crippen LogP) is 3.70. The molecule has 7 nitrogen and oxygen atoms in total. The lowest BCUT2D eigenvalue weighted by atomic mass is 10.1. The van der Waals surface area contributed by atoms with E-state index in [1.54, 1.807) is 12.1 Å². The second kappa shape index (κ2) is 10.4. The first-order valence-electron chi connectivity index (χ1n) is 10.5. The predicted molar refractivity (Wildman–Crippen MR) is 120 cm³/mol. The molecule has 0 bridgehead atoms. The minimum Gasteiger partial charge on any atom is -0.459 e. The molecule has 1 aromatic carbocycles. The summed E-state index contributed by atoms with van der Waals surface area (Å²) in [6, 6.07) is 12.0. The first kappa shape index (κ1) is 21.3. The van der Waals surface area contributed by atoms with E-state index in [1.807, 2.05) is 35.7 Å². The van der Waals surface area contributed by atoms with Crippen LogP contribution in [-0.2, 0) is 17.8 Å². The van der Waals surface area contributed by atoms with Crippen LogP contribution >= 0.6 is 11.3 Å². The van der Waals surface area contributed by atoms with Crippen molar-refractivity contribution in [2.75, 3.05) is 18.4 Å². The Bertz CT molecular complexity index is 981. The summed E-state index contributed by atoms with van der Waals surface area (Å²) in [6.07, 6.45) is 5.54. The Kier molecular flexibility index (Phi) is 7.11. The van der Waals surface area contributed by atoms with Crippen LogP contribution in [0.5, 0.6) is 0 Å². The average Bonchev–Trinajstić information content (AvgIpc) is 3.47. The molecule has 2 aromatic heterocycles. The highest BCUT2D eigenvalue weighted by Crippen LogP contribution is 2.19. The number of nitrogens with one attached hydrogen (secondary N) is 2. The van der Waals surface area contributed by atoms with Crippen LogP contribution in [0.1, 0.15) is 41.1 Å². The zero-order chi connectivity index (χ0) is 21.5. The first-order chi connectivity index (χ1) is 15.2. The van der Waals surface area contributed by atoms with Crippen molar-refractivity contribution in [3.8, 4) is 0 Å². The van der Waals surface area contributed by atoms with E-state index in [1.165, 1.54) is 36.9 Å². The third kappa shape index (κ3) is 6.02. The lowest BCUT2D eigenvalue weighted by Crippen LogP contribution is -2.45. The Balaban J connectivity index is 1.41. The summed E-state index contributed by atoms with van der Waals surface area (Å²) in [5.74, 6) is -0.558. The van der Waals surface area contributed by atoms with Crippen LogP contribution in [0.25, 0.3) is 0 Å². The Morgan fingerprint density at radius 3 is 2.65 bits per heavy atom. The number of piperidine rings is 1. The molecular weight excluding hydrogens is 412 g/mol. The average molecular weight is 439 g/mol. The highest BCUT2D eigenvalue weighted by atomic mass is 32.1. The van der Waals surface area contributed by atoms with Crippen molar-refractivity contribution in [3.63, 3.8) is 0 Å². The van der Waals surface area contributed by atoms with E-state index in [0.717, 1.165) is 30.9 Å². The van der Waals surface area contributed by atoms with Crippen molar-refractivity contribution in [2.45, 2.75) is 38.3 Å². The summed E-state index contributed by atoms with van der Waals surface area (Å²) >= 11 is 1.41. The topological polar surface area (TPSA) is 87.5 Å². The number of likely N-dealkylation sites (tertiary alicyclic amines) is 1. The number of hydrogen-bond donors (Lipinski definition) is 2. The molecule has 3 aromatic rings. The number of carbonyl (C=O) groups excluding carboxylic acids is 2. The smallest absolute Gasteiger partial charge is 0.287 e. The fourth-order valence-electron chi connectivity index (χ4n) is 3.67. The van der Waals surface area contributed by atoms with Crippen LogP contribution in [0.4, 0.5) is 5.13 Å². The number of aromatic nitrogens is 1. The van der Waals surface area contributed by atoms with Crippen LogP contribution in [0, 0.1) is 0 Å². The second-order valence-electron chi connectivity index (χ2n) is 7.66. The van der Waals surface area contributed by atoms with Gasteiger partial charge in [-0.1, -0.05) is 36.8 Å². The third-order valence-corrected chi connectivity index (χ3v) is 6.07. The number of nitrogens with zero attached hydrogens (tertiary/aromatic N) is 2. The molecule has 1 fully saturated rings. The van der Waals surface area contributed by atoms with Crippen LogP contribution in [0.3, 0.4) is 0 Å². The Hall–Kier alpha value is -2.97. The standard InChI is InChI=1S/C23H26N4O3S/c28-21(26-23-24-18(16-31-23)15-27-11-5-2-6-12-27)19(14-17-8-3-1-4-9-17)25-22(29)20-10-7-13-30-20/h1,3-4,7-10,13,16,19H,2,5-6,11-12,14-15H2,(H,25,29)(H,24,26,28). The molecule has 1 unspecified atom stereocenters. The summed E-state index contributed by atoms with van der Waals surface area (Å²) in [4.78, 5) is 32.5. The molecule has 162 valence electrons. The van der Waals surface area contributed by atoms with Gasteiger partial charge in [0.05, 0.1) is 12.0 Å². The maximum absolute atomic E-state index is 13.0. The van der Waals surface area contributed by atoms with Crippen molar-refractivity contribution < 1.29 is 14.0 Å². The number of thiazole rings is 1. The van der Waals surface area contributed by atoms with E-state index >= 15 is 0 Å². The van der Waals surface area contributed by atoms with Gasteiger partial charge in [-0.05, 0) is 43.6 Å². The van der Waals surface area contributed by atoms with Crippen molar-refractivity contribution in [1.29, 1.82) is 0 Å². The third-order valence-electron chi connectivity index (χ3n) is 5.27. The van der Waals surface area contributed by atoms with Crippen LogP contribution < -0.4 is 10.6 Å². The van der Waals surface area contributed by atoms with E-state index < -0.39 is 11.9 Å². The molecule has 1 aliphatic heterocycles. The number of hydrogen-bond acceptors (Lipinski definition) is 6. The van der Waals surface area contributed by atoms with E-state index in [-0.39, 0.29) is 11.7 Å². The number of carbonyl (C=O) groups is 2. The molecule has 0 aliphatic carbocycles. The van der Waals surface area contributed by atoms with Gasteiger partial charge in [0.25, 0.3) is 5.91 Å². The molecule has 31 heavy (non-hydrogen) atoms. The Labute approximate surface area is 185 Å². The number of furan rings is 1. The van der Waals surface area contributed by atoms with Crippen molar-refractivity contribution in [2.24, 2.45) is 0 Å². The Morgan fingerprint density at radius 2 is 1.90 bits per heavy atom. The van der Waals surface area contributed by atoms with Gasteiger partial charge >= 0.3 is 0 Å². The molecule has 2 N–H and O–H groups in total. The second-order valence-corrected chi connectivity index (χ2v) is 8.52. The lowest BCUT2D eigenvalue weighted by Gasteiger charge is -2.25. The summed E-state index contributed by atoms with van der Waals surface area (Å²) in [5, 5.41) is 8.19. The minimum absolute atomic E-state index is 0.170. The zero-order valence-electron chi connectivity index (χ0n) is 17.3. The molecule has 1 aliphatic rings. The fraction of sp³-hybridized carbons (Fsp3) is 0.348. The van der Waals surface area contributed by atoms with Gasteiger partial charge in [0.2, 0.25) is 5.91 Å². The summed E-state index contributed by atoms with van der Waals surface area (Å²) < 4.78 is 5.16. The normalized spacial score (nSPS) is 15.4. The number of anilines is 1. The van der Waals surface area contributed by atoms with Gasteiger partial charge < -0.3 is 15.1 Å². The molecule has 1 saturated heterocycles. The monoisotopic (exact) mass is 438 g/mol. The molecule has 3 heterocycles. The van der Waals surface area contributed by atoms with Crippen LogP contribution in [-0.4, -0.2) is 40.8 Å². The van der Waals surface area contributed by atoms with E-state index in [9.17, 15) is 9.59 Å². The molecule has 2 amide bonds. The number of rotatable bonds is 8. The van der Waals surface area contributed by atoms with Gasteiger partial charge in [0.15, 0.2) is 10.9 Å². The zero-order valence-corrected chi connectivity index (χ0v) is 18.1. The van der Waals surface area contributed by atoms with Gasteiger partial charge in [-0.3, -0.25) is 14.5 Å². The van der Waals surface area contributed by atoms with Gasteiger partial charge in [0, 0.05) is 18.3 Å². The lowest BCUT2D eigenvalue weighted by molar-refractivity contribution is -0.118. The number of benzene rings is 1. The van der Waals surface area contributed by atoms with Gasteiger partial charge in [0.1, 0.15) is 6.04 Å².